The maximum atomic E-state index is 12.5. The highest BCUT2D eigenvalue weighted by molar-refractivity contribution is 5.85. The summed E-state index contributed by atoms with van der Waals surface area (Å²) in [5.41, 5.74) is 4.59. The molecule has 2 amide bonds. The van der Waals surface area contributed by atoms with Crippen molar-refractivity contribution < 1.29 is 24.2 Å². The fourth-order valence-electron chi connectivity index (χ4n) is 4.25. The predicted octanol–water partition coefficient (Wildman–Crippen LogP) is 4.46. The van der Waals surface area contributed by atoms with Crippen molar-refractivity contribution in [3.05, 3.63) is 59.7 Å². The van der Waals surface area contributed by atoms with Crippen molar-refractivity contribution in [2.75, 3.05) is 13.2 Å². The molecule has 0 heterocycles. The molecule has 1 atom stereocenters. The maximum absolute atomic E-state index is 12.5. The Morgan fingerprint density at radius 3 is 2.21 bits per heavy atom. The Kier molecular flexibility index (Phi) is 8.87. The van der Waals surface area contributed by atoms with Gasteiger partial charge in [0.1, 0.15) is 12.6 Å². The average Bonchev–Trinajstić information content (AvgIpc) is 3.13. The Morgan fingerprint density at radius 2 is 1.61 bits per heavy atom. The highest BCUT2D eigenvalue weighted by Crippen LogP contribution is 2.44. The minimum absolute atomic E-state index is 0.0348. The second kappa shape index (κ2) is 12.0. The first kappa shape index (κ1) is 24.3. The zero-order chi connectivity index (χ0) is 23.6. The van der Waals surface area contributed by atoms with Crippen LogP contribution in [0.1, 0.15) is 62.5 Å². The molecule has 0 bridgehead atoms. The summed E-state index contributed by atoms with van der Waals surface area (Å²) in [5, 5.41) is 14.2. The number of carbonyl (C=O) groups is 3. The number of fused-ring (bicyclic) bond motifs is 3. The number of alkyl carbamates (subject to hydrolysis) is 1. The van der Waals surface area contributed by atoms with Crippen LogP contribution in [0.25, 0.3) is 11.1 Å². The fourth-order valence-corrected chi connectivity index (χ4v) is 4.25. The molecule has 3 rings (SSSR count). The zero-order valence-corrected chi connectivity index (χ0v) is 19.0. The van der Waals surface area contributed by atoms with Crippen molar-refractivity contribution in [3.63, 3.8) is 0 Å². The zero-order valence-electron chi connectivity index (χ0n) is 19.0. The summed E-state index contributed by atoms with van der Waals surface area (Å²) in [7, 11) is 0. The van der Waals surface area contributed by atoms with Crippen LogP contribution in [0.15, 0.2) is 48.5 Å². The fraction of sp³-hybridized carbons (Fsp3) is 0.423. The van der Waals surface area contributed by atoms with Gasteiger partial charge in [-0.25, -0.2) is 4.79 Å². The number of ether oxygens (including phenoxy) is 1. The van der Waals surface area contributed by atoms with Crippen molar-refractivity contribution in [3.8, 4) is 11.1 Å². The normalized spacial score (nSPS) is 13.0. The summed E-state index contributed by atoms with van der Waals surface area (Å²) in [4.78, 5) is 35.6. The molecule has 0 aromatic heterocycles. The summed E-state index contributed by atoms with van der Waals surface area (Å²) in [5.74, 6) is -1.09. The number of amides is 2. The molecule has 1 aliphatic carbocycles. The molecule has 2 aromatic carbocycles. The number of aliphatic carboxylic acids is 1. The molecule has 176 valence electrons. The minimum Gasteiger partial charge on any atom is -0.481 e. The van der Waals surface area contributed by atoms with E-state index in [-0.39, 0.29) is 24.9 Å². The Balaban J connectivity index is 1.50. The smallest absolute Gasteiger partial charge is 0.407 e. The van der Waals surface area contributed by atoms with Crippen molar-refractivity contribution in [2.24, 2.45) is 0 Å². The van der Waals surface area contributed by atoms with E-state index in [2.05, 4.69) is 34.9 Å². The summed E-state index contributed by atoms with van der Waals surface area (Å²) >= 11 is 0. The molecule has 7 heteroatoms. The van der Waals surface area contributed by atoms with E-state index in [1.54, 1.807) is 0 Å². The molecule has 33 heavy (non-hydrogen) atoms. The third-order valence-electron chi connectivity index (χ3n) is 5.90. The largest absolute Gasteiger partial charge is 0.481 e. The lowest BCUT2D eigenvalue weighted by Gasteiger charge is -2.19. The van der Waals surface area contributed by atoms with Crippen molar-refractivity contribution in [1.29, 1.82) is 0 Å². The number of carboxylic acid groups (broad SMARTS) is 1. The van der Waals surface area contributed by atoms with Crippen LogP contribution >= 0.6 is 0 Å². The summed E-state index contributed by atoms with van der Waals surface area (Å²) in [6.07, 6.45) is 2.78. The Hall–Kier alpha value is -3.35. The van der Waals surface area contributed by atoms with E-state index in [1.165, 1.54) is 0 Å². The van der Waals surface area contributed by atoms with Crippen LogP contribution in [-0.4, -0.2) is 42.3 Å². The van der Waals surface area contributed by atoms with E-state index in [1.807, 2.05) is 31.2 Å². The van der Waals surface area contributed by atoms with Gasteiger partial charge in [0, 0.05) is 18.9 Å². The molecule has 0 saturated heterocycles. The van der Waals surface area contributed by atoms with Crippen molar-refractivity contribution >= 4 is 18.0 Å². The van der Waals surface area contributed by atoms with Gasteiger partial charge in [-0.3, -0.25) is 9.59 Å². The number of hydrogen-bond donors (Lipinski definition) is 3. The number of nitrogens with one attached hydrogen (secondary N) is 2. The van der Waals surface area contributed by atoms with Gasteiger partial charge < -0.3 is 20.5 Å². The van der Waals surface area contributed by atoms with Gasteiger partial charge in [-0.2, -0.15) is 0 Å². The van der Waals surface area contributed by atoms with Crippen LogP contribution < -0.4 is 10.6 Å². The molecule has 7 nitrogen and oxygen atoms in total. The molecular formula is C26H32N2O5. The first-order valence-electron chi connectivity index (χ1n) is 11.6. The third-order valence-corrected chi connectivity index (χ3v) is 5.90. The Morgan fingerprint density at radius 1 is 0.970 bits per heavy atom. The van der Waals surface area contributed by atoms with E-state index in [9.17, 15) is 14.4 Å². The van der Waals surface area contributed by atoms with Gasteiger partial charge in [0.2, 0.25) is 5.91 Å². The SMILES string of the molecule is CCC[C@@H](NC(=O)OCC1c2ccccc2-c2ccccc21)C(=O)NCCCCCC(=O)O. The van der Waals surface area contributed by atoms with Gasteiger partial charge >= 0.3 is 12.1 Å². The number of benzene rings is 2. The van der Waals surface area contributed by atoms with E-state index in [4.69, 9.17) is 9.84 Å². The Labute approximate surface area is 194 Å². The molecule has 2 aromatic rings. The lowest BCUT2D eigenvalue weighted by Crippen LogP contribution is -2.47. The minimum atomic E-state index is -0.811. The highest BCUT2D eigenvalue weighted by Gasteiger charge is 2.29. The van der Waals surface area contributed by atoms with Crippen LogP contribution in [-0.2, 0) is 14.3 Å². The summed E-state index contributed by atoms with van der Waals surface area (Å²) in [6.45, 7) is 2.60. The van der Waals surface area contributed by atoms with Gasteiger partial charge in [0.15, 0.2) is 0 Å². The van der Waals surface area contributed by atoms with E-state index in [0.717, 1.165) is 35.1 Å². The third kappa shape index (κ3) is 6.57. The monoisotopic (exact) mass is 452 g/mol. The van der Waals surface area contributed by atoms with Gasteiger partial charge in [-0.05, 0) is 41.5 Å². The molecule has 1 aliphatic rings. The predicted molar refractivity (Wildman–Crippen MR) is 126 cm³/mol. The highest BCUT2D eigenvalue weighted by atomic mass is 16.5. The van der Waals surface area contributed by atoms with E-state index >= 15 is 0 Å². The molecule has 0 saturated carbocycles. The van der Waals surface area contributed by atoms with Crippen molar-refractivity contribution in [1.82, 2.24) is 10.6 Å². The molecular weight excluding hydrogens is 420 g/mol. The van der Waals surface area contributed by atoms with E-state index < -0.39 is 18.1 Å². The van der Waals surface area contributed by atoms with Gasteiger partial charge in [0.25, 0.3) is 0 Å². The molecule has 0 unspecified atom stereocenters. The number of carboxylic acids is 1. The maximum Gasteiger partial charge on any atom is 0.407 e. The van der Waals surface area contributed by atoms with Crippen LogP contribution in [0.4, 0.5) is 4.79 Å². The molecule has 0 aliphatic heterocycles. The number of hydrogen-bond acceptors (Lipinski definition) is 4. The van der Waals surface area contributed by atoms with Gasteiger partial charge in [-0.1, -0.05) is 68.3 Å². The number of unbranched alkanes of at least 4 members (excludes halogenated alkanes) is 2. The molecule has 0 fully saturated rings. The second-order valence-electron chi connectivity index (χ2n) is 8.31. The van der Waals surface area contributed by atoms with E-state index in [0.29, 0.717) is 25.8 Å². The molecule has 0 radical (unpaired) electrons. The lowest BCUT2D eigenvalue weighted by atomic mass is 9.98. The van der Waals surface area contributed by atoms with Crippen molar-refractivity contribution in [2.45, 2.75) is 57.4 Å². The summed E-state index contributed by atoms with van der Waals surface area (Å²) in [6, 6.07) is 15.6. The molecule has 0 spiro atoms. The van der Waals surface area contributed by atoms with Crippen LogP contribution in [0.5, 0.6) is 0 Å². The quantitative estimate of drug-likeness (QED) is 0.413. The Bertz CT molecular complexity index is 929. The molecule has 3 N–H and O–H groups in total. The summed E-state index contributed by atoms with van der Waals surface area (Å²) < 4.78 is 5.56. The lowest BCUT2D eigenvalue weighted by molar-refractivity contribution is -0.137. The number of carbonyl (C=O) groups excluding carboxylic acids is 2. The topological polar surface area (TPSA) is 105 Å². The van der Waals surface area contributed by atoms with Crippen LogP contribution in [0, 0.1) is 0 Å². The number of rotatable bonds is 12. The van der Waals surface area contributed by atoms with Crippen LogP contribution in [0.3, 0.4) is 0 Å². The second-order valence-corrected chi connectivity index (χ2v) is 8.31. The first-order valence-corrected chi connectivity index (χ1v) is 11.6. The van der Waals surface area contributed by atoms with Gasteiger partial charge in [-0.15, -0.1) is 0 Å². The van der Waals surface area contributed by atoms with Crippen LogP contribution in [0.2, 0.25) is 0 Å². The average molecular weight is 453 g/mol. The standard InChI is InChI=1S/C26H32N2O5/c1-2-10-23(25(31)27-16-9-3-4-15-24(29)30)28-26(32)33-17-22-20-13-7-5-11-18(20)19-12-6-8-14-21(19)22/h5-8,11-14,22-23H,2-4,9-10,15-17H2,1H3,(H,27,31)(H,28,32)(H,29,30)/t23-/m1/s1. The first-order chi connectivity index (χ1) is 16.0. The van der Waals surface area contributed by atoms with Gasteiger partial charge in [0.05, 0.1) is 0 Å².